The van der Waals surface area contributed by atoms with Crippen molar-refractivity contribution in [3.63, 3.8) is 0 Å². The standard InChI is InChI=1S/C29H34F2N4O5/c1-5-28(6-2)14-21(36)35(26(32)34-28)23-18-13-16(11-12-20(18)40-27(23,3)15-39-4)25(38)33-22-17-9-7-8-10-19(17)29(30,31)24(22)37/h7-13,22-24,37H,5-6,14-15H2,1-4H3,(H2,32,34)(H,33,38)/t22-,23+,24-,27+/m1/s1. The molecule has 0 aromatic heterocycles. The van der Waals surface area contributed by atoms with Gasteiger partial charge in [0.05, 0.1) is 19.1 Å². The summed E-state index contributed by atoms with van der Waals surface area (Å²) >= 11 is 0. The van der Waals surface area contributed by atoms with Crippen molar-refractivity contribution in [3.05, 3.63) is 64.7 Å². The number of hydrogen-bond acceptors (Lipinski definition) is 6. The highest BCUT2D eigenvalue weighted by Gasteiger charge is 2.55. The van der Waals surface area contributed by atoms with E-state index in [9.17, 15) is 23.5 Å². The highest BCUT2D eigenvalue weighted by molar-refractivity contribution is 6.00. The fraction of sp³-hybridized carbons (Fsp3) is 0.483. The van der Waals surface area contributed by atoms with Crippen LogP contribution >= 0.6 is 0 Å². The number of carbonyl (C=O) groups excluding carboxylic acids is 2. The third-order valence-corrected chi connectivity index (χ3v) is 8.54. The Morgan fingerprint density at radius 3 is 2.58 bits per heavy atom. The molecule has 1 fully saturated rings. The molecule has 0 bridgehead atoms. The van der Waals surface area contributed by atoms with Gasteiger partial charge in [0.1, 0.15) is 17.9 Å². The van der Waals surface area contributed by atoms with E-state index >= 15 is 0 Å². The van der Waals surface area contributed by atoms with Gasteiger partial charge in [0.25, 0.3) is 5.91 Å². The minimum absolute atomic E-state index is 0.0634. The topological polar surface area (TPSA) is 124 Å². The highest BCUT2D eigenvalue weighted by atomic mass is 19.3. The molecule has 2 aliphatic heterocycles. The Labute approximate surface area is 231 Å². The molecule has 0 radical (unpaired) electrons. The Bertz CT molecular complexity index is 1340. The zero-order valence-electron chi connectivity index (χ0n) is 22.9. The van der Waals surface area contributed by atoms with E-state index in [2.05, 4.69) is 10.6 Å². The number of nitrogens with one attached hydrogen (secondary N) is 3. The first-order valence-corrected chi connectivity index (χ1v) is 13.4. The van der Waals surface area contributed by atoms with E-state index < -0.39 is 41.2 Å². The van der Waals surface area contributed by atoms with Crippen molar-refractivity contribution in [2.24, 2.45) is 0 Å². The van der Waals surface area contributed by atoms with Crippen molar-refractivity contribution in [3.8, 4) is 5.75 Å². The predicted molar refractivity (Wildman–Crippen MR) is 142 cm³/mol. The summed E-state index contributed by atoms with van der Waals surface area (Å²) in [7, 11) is 1.51. The second-order valence-corrected chi connectivity index (χ2v) is 11.0. The summed E-state index contributed by atoms with van der Waals surface area (Å²) < 4.78 is 41.1. The third kappa shape index (κ3) is 4.23. The van der Waals surface area contributed by atoms with Crippen molar-refractivity contribution < 1.29 is 33.0 Å². The van der Waals surface area contributed by atoms with E-state index in [0.717, 1.165) is 0 Å². The van der Waals surface area contributed by atoms with Crippen molar-refractivity contribution in [1.82, 2.24) is 15.5 Å². The van der Waals surface area contributed by atoms with E-state index in [4.69, 9.17) is 14.9 Å². The van der Waals surface area contributed by atoms with Gasteiger partial charge in [0.2, 0.25) is 5.91 Å². The van der Waals surface area contributed by atoms with Crippen LogP contribution in [0.4, 0.5) is 8.78 Å². The van der Waals surface area contributed by atoms with Crippen LogP contribution in [0, 0.1) is 5.41 Å². The van der Waals surface area contributed by atoms with Crippen molar-refractivity contribution in [2.45, 2.75) is 75.3 Å². The Morgan fingerprint density at radius 2 is 1.93 bits per heavy atom. The quantitative estimate of drug-likeness (QED) is 0.412. The number of ether oxygens (including phenoxy) is 2. The van der Waals surface area contributed by atoms with Crippen LogP contribution in [0.2, 0.25) is 0 Å². The maximum absolute atomic E-state index is 14.7. The first-order chi connectivity index (χ1) is 18.9. The molecule has 40 heavy (non-hydrogen) atoms. The van der Waals surface area contributed by atoms with E-state index in [1.165, 1.54) is 36.3 Å². The van der Waals surface area contributed by atoms with Gasteiger partial charge < -0.3 is 25.2 Å². The largest absolute Gasteiger partial charge is 0.482 e. The molecule has 4 N–H and O–H groups in total. The van der Waals surface area contributed by atoms with Crippen LogP contribution < -0.4 is 15.4 Å². The fourth-order valence-corrected chi connectivity index (χ4v) is 6.24. The molecule has 0 unspecified atom stereocenters. The van der Waals surface area contributed by atoms with Gasteiger partial charge in [-0.25, -0.2) is 0 Å². The summed E-state index contributed by atoms with van der Waals surface area (Å²) in [6, 6.07) is 8.25. The van der Waals surface area contributed by atoms with Crippen molar-refractivity contribution in [2.75, 3.05) is 13.7 Å². The van der Waals surface area contributed by atoms with Crippen LogP contribution in [0.15, 0.2) is 42.5 Å². The van der Waals surface area contributed by atoms with Gasteiger partial charge in [-0.05, 0) is 43.5 Å². The van der Waals surface area contributed by atoms with Gasteiger partial charge in [-0.15, -0.1) is 0 Å². The molecular formula is C29H34F2N4O5. The lowest BCUT2D eigenvalue weighted by atomic mass is 9.84. The zero-order chi connectivity index (χ0) is 29.0. The van der Waals surface area contributed by atoms with Gasteiger partial charge in [-0.3, -0.25) is 19.9 Å². The van der Waals surface area contributed by atoms with E-state index in [1.807, 2.05) is 13.8 Å². The number of fused-ring (bicyclic) bond motifs is 2. The molecule has 2 aromatic rings. The lowest BCUT2D eigenvalue weighted by molar-refractivity contribution is -0.137. The van der Waals surface area contributed by atoms with Gasteiger partial charge in [-0.1, -0.05) is 38.1 Å². The number of hydrogen-bond donors (Lipinski definition) is 4. The lowest BCUT2D eigenvalue weighted by Crippen LogP contribution is -2.65. The Morgan fingerprint density at radius 1 is 1.23 bits per heavy atom. The van der Waals surface area contributed by atoms with Crippen LogP contribution in [-0.2, 0) is 15.5 Å². The van der Waals surface area contributed by atoms with Crippen LogP contribution in [-0.4, -0.2) is 58.7 Å². The molecule has 11 heteroatoms. The summed E-state index contributed by atoms with van der Waals surface area (Å²) in [5.74, 6) is -4.08. The first-order valence-electron chi connectivity index (χ1n) is 13.4. The minimum atomic E-state index is -3.51. The molecule has 214 valence electrons. The van der Waals surface area contributed by atoms with Crippen LogP contribution in [0.1, 0.15) is 79.2 Å². The number of carbonyl (C=O) groups is 2. The maximum atomic E-state index is 14.7. The smallest absolute Gasteiger partial charge is 0.301 e. The van der Waals surface area contributed by atoms with E-state index in [-0.39, 0.29) is 41.6 Å². The van der Waals surface area contributed by atoms with Gasteiger partial charge in [-0.2, -0.15) is 8.78 Å². The normalized spacial score (nSPS) is 28.0. The van der Waals surface area contributed by atoms with Crippen molar-refractivity contribution in [1.29, 1.82) is 5.41 Å². The molecule has 2 amide bonds. The van der Waals surface area contributed by atoms with Gasteiger partial charge in [0, 0.05) is 29.3 Å². The summed E-state index contributed by atoms with van der Waals surface area (Å²) in [6.07, 6.45) is -0.611. The number of alkyl halides is 2. The third-order valence-electron chi connectivity index (χ3n) is 8.54. The molecule has 5 rings (SSSR count). The highest BCUT2D eigenvalue weighted by Crippen LogP contribution is 2.49. The van der Waals surface area contributed by atoms with E-state index in [0.29, 0.717) is 24.2 Å². The molecular weight excluding hydrogens is 522 g/mol. The number of guanidine groups is 1. The number of aliphatic hydroxyl groups is 1. The zero-order valence-corrected chi connectivity index (χ0v) is 22.9. The summed E-state index contributed by atoms with van der Waals surface area (Å²) in [5, 5.41) is 25.0. The number of nitrogens with zero attached hydrogens (tertiary/aromatic N) is 1. The summed E-state index contributed by atoms with van der Waals surface area (Å²) in [6.45, 7) is 5.81. The second kappa shape index (κ2) is 9.81. The molecule has 9 nitrogen and oxygen atoms in total. The molecule has 2 aromatic carbocycles. The van der Waals surface area contributed by atoms with Gasteiger partial charge in [0.15, 0.2) is 11.6 Å². The lowest BCUT2D eigenvalue weighted by Gasteiger charge is -2.46. The maximum Gasteiger partial charge on any atom is 0.301 e. The Kier molecular flexibility index (Phi) is 6.86. The number of rotatable bonds is 7. The number of methoxy groups -OCH3 is 1. The molecule has 1 aliphatic carbocycles. The molecule has 3 aliphatic rings. The second-order valence-electron chi connectivity index (χ2n) is 11.0. The van der Waals surface area contributed by atoms with Crippen LogP contribution in [0.5, 0.6) is 5.75 Å². The number of halogens is 2. The minimum Gasteiger partial charge on any atom is -0.482 e. The summed E-state index contributed by atoms with van der Waals surface area (Å²) in [4.78, 5) is 28.3. The first kappa shape index (κ1) is 28.0. The number of amides is 2. The summed E-state index contributed by atoms with van der Waals surface area (Å²) in [5.41, 5.74) is -1.14. The average molecular weight is 557 g/mol. The SMILES string of the molecule is CCC1(CC)CC(=O)N([C@H]2c3cc(C(=O)N[C@@H]4c5ccccc5C(F)(F)[C@@H]4O)ccc3O[C@@]2(C)COC)C(=N)N1. The molecule has 2 heterocycles. The molecule has 1 saturated heterocycles. The number of aliphatic hydroxyl groups excluding tert-OH is 1. The molecule has 4 atom stereocenters. The Balaban J connectivity index is 1.48. The fourth-order valence-electron chi connectivity index (χ4n) is 6.24. The van der Waals surface area contributed by atoms with Gasteiger partial charge >= 0.3 is 5.92 Å². The van der Waals surface area contributed by atoms with Crippen molar-refractivity contribution >= 4 is 17.8 Å². The monoisotopic (exact) mass is 556 g/mol. The van der Waals surface area contributed by atoms with E-state index in [1.54, 1.807) is 25.1 Å². The average Bonchev–Trinajstić information content (AvgIpc) is 3.31. The molecule has 0 spiro atoms. The number of benzene rings is 2. The Hall–Kier alpha value is -3.57. The predicted octanol–water partition coefficient (Wildman–Crippen LogP) is 3.78. The molecule has 0 saturated carbocycles. The van der Waals surface area contributed by atoms with Crippen LogP contribution in [0.25, 0.3) is 0 Å². The van der Waals surface area contributed by atoms with Crippen LogP contribution in [0.3, 0.4) is 0 Å².